The maximum Gasteiger partial charge on any atom is 0.333 e. The van der Waals surface area contributed by atoms with Gasteiger partial charge in [-0.3, -0.25) is 9.59 Å². The third-order valence-electron chi connectivity index (χ3n) is 7.23. The predicted octanol–water partition coefficient (Wildman–Crippen LogP) is 4.47. The summed E-state index contributed by atoms with van der Waals surface area (Å²) >= 11 is 0. The number of likely N-dealkylation sites (N-methyl/N-ethyl adjacent to an activating group) is 2. The van der Waals surface area contributed by atoms with Gasteiger partial charge in [0, 0.05) is 18.0 Å². The van der Waals surface area contributed by atoms with Crippen LogP contribution in [0.2, 0.25) is 0 Å². The fourth-order valence-corrected chi connectivity index (χ4v) is 4.55. The molecular weight excluding hydrogens is 466 g/mol. The molecule has 0 spiro atoms. The van der Waals surface area contributed by atoms with E-state index in [1.165, 1.54) is 0 Å². The number of carbonyl (C=O) groups excluding carboxylic acids is 3. The lowest BCUT2D eigenvalue weighted by atomic mass is 9.76. The molecule has 0 aliphatic carbocycles. The summed E-state index contributed by atoms with van der Waals surface area (Å²) in [5.41, 5.74) is 0.423. The number of esters is 1. The fraction of sp³-hybridized carbons (Fsp3) is 0.633. The highest BCUT2D eigenvalue weighted by Crippen LogP contribution is 2.29. The highest BCUT2D eigenvalue weighted by Gasteiger charge is 2.41. The van der Waals surface area contributed by atoms with Gasteiger partial charge in [-0.2, -0.15) is 0 Å². The minimum atomic E-state index is -0.768. The molecule has 208 valence electrons. The average molecular weight is 516 g/mol. The Morgan fingerprint density at radius 2 is 1.59 bits per heavy atom. The SMILES string of the molecule is CCOC(=O)/C(C)=C/[C@H](C(C)CC)N(C)C(=O)[C@@H](NC(=O)[C@@H](NC)C(C)(C)c1ccccc1)C(C)(C)C. The molecule has 0 radical (unpaired) electrons. The van der Waals surface area contributed by atoms with E-state index in [0.29, 0.717) is 5.57 Å². The fourth-order valence-electron chi connectivity index (χ4n) is 4.55. The Hall–Kier alpha value is -2.67. The summed E-state index contributed by atoms with van der Waals surface area (Å²) in [4.78, 5) is 41.5. The molecule has 7 nitrogen and oxygen atoms in total. The van der Waals surface area contributed by atoms with E-state index in [1.807, 2.05) is 71.9 Å². The number of ether oxygens (including phenoxy) is 1. The molecule has 0 saturated heterocycles. The van der Waals surface area contributed by atoms with Crippen molar-refractivity contribution in [1.82, 2.24) is 15.5 Å². The number of rotatable bonds is 12. The Bertz CT molecular complexity index is 934. The van der Waals surface area contributed by atoms with E-state index in [0.717, 1.165) is 12.0 Å². The van der Waals surface area contributed by atoms with Crippen molar-refractivity contribution >= 4 is 17.8 Å². The third-order valence-corrected chi connectivity index (χ3v) is 7.23. The molecule has 37 heavy (non-hydrogen) atoms. The van der Waals surface area contributed by atoms with Crippen molar-refractivity contribution in [3.05, 3.63) is 47.5 Å². The second kappa shape index (κ2) is 13.8. The molecule has 2 N–H and O–H groups in total. The summed E-state index contributed by atoms with van der Waals surface area (Å²) in [6, 6.07) is 8.22. The van der Waals surface area contributed by atoms with Gasteiger partial charge >= 0.3 is 5.97 Å². The standard InChI is InChI=1S/C30H49N3O4/c1-12-20(3)23(19-21(4)28(36)37-13-2)33(11)27(35)25(29(5,6)7)32-26(34)24(31-10)30(8,9)22-17-15-14-16-18-22/h14-20,23-25,31H,12-13H2,1-11H3,(H,32,34)/b21-19+/t20?,23-,24-,25-/m1/s1. The molecule has 2 amide bonds. The first-order valence-electron chi connectivity index (χ1n) is 13.3. The van der Waals surface area contributed by atoms with Gasteiger partial charge in [0.25, 0.3) is 0 Å². The number of hydrogen-bond acceptors (Lipinski definition) is 5. The van der Waals surface area contributed by atoms with E-state index in [-0.39, 0.29) is 30.4 Å². The van der Waals surface area contributed by atoms with Gasteiger partial charge in [-0.1, -0.05) is 91.3 Å². The van der Waals surface area contributed by atoms with E-state index < -0.39 is 28.9 Å². The molecule has 0 fully saturated rings. The van der Waals surface area contributed by atoms with Crippen LogP contribution in [0.15, 0.2) is 42.0 Å². The molecular formula is C30H49N3O4. The third kappa shape index (κ3) is 8.42. The quantitative estimate of drug-likeness (QED) is 0.317. The van der Waals surface area contributed by atoms with Gasteiger partial charge in [-0.25, -0.2) is 4.79 Å². The van der Waals surface area contributed by atoms with Gasteiger partial charge in [-0.05, 0) is 37.8 Å². The van der Waals surface area contributed by atoms with Crippen molar-refractivity contribution < 1.29 is 19.1 Å². The molecule has 0 saturated carbocycles. The zero-order valence-electron chi connectivity index (χ0n) is 24.8. The van der Waals surface area contributed by atoms with Crippen LogP contribution in [0.25, 0.3) is 0 Å². The van der Waals surface area contributed by atoms with Gasteiger partial charge in [0.1, 0.15) is 6.04 Å². The molecule has 1 unspecified atom stereocenters. The second-order valence-corrected chi connectivity index (χ2v) is 11.5. The van der Waals surface area contributed by atoms with Crippen LogP contribution in [0.4, 0.5) is 0 Å². The molecule has 1 aromatic rings. The van der Waals surface area contributed by atoms with Crippen LogP contribution in [0, 0.1) is 11.3 Å². The number of hydrogen-bond donors (Lipinski definition) is 2. The van der Waals surface area contributed by atoms with Gasteiger partial charge in [-0.15, -0.1) is 0 Å². The highest BCUT2D eigenvalue weighted by atomic mass is 16.5. The topological polar surface area (TPSA) is 87.7 Å². The van der Waals surface area contributed by atoms with Crippen LogP contribution >= 0.6 is 0 Å². The summed E-state index contributed by atoms with van der Waals surface area (Å²) < 4.78 is 5.14. The minimum Gasteiger partial charge on any atom is -0.463 e. The van der Waals surface area contributed by atoms with Crippen molar-refractivity contribution in [3.8, 4) is 0 Å². The molecule has 0 bridgehead atoms. The first kappa shape index (κ1) is 32.4. The maximum atomic E-state index is 13.9. The Labute approximate surface area is 224 Å². The van der Waals surface area contributed by atoms with Crippen LogP contribution in [0.5, 0.6) is 0 Å². The number of nitrogens with one attached hydrogen (secondary N) is 2. The molecule has 1 rings (SSSR count). The van der Waals surface area contributed by atoms with Crippen molar-refractivity contribution in [2.24, 2.45) is 11.3 Å². The second-order valence-electron chi connectivity index (χ2n) is 11.5. The van der Waals surface area contributed by atoms with Gasteiger partial charge in [0.05, 0.1) is 18.7 Å². The Morgan fingerprint density at radius 1 is 1.03 bits per heavy atom. The van der Waals surface area contributed by atoms with Crippen LogP contribution in [-0.4, -0.2) is 61.5 Å². The Kier molecular flexibility index (Phi) is 12.0. The summed E-state index contributed by atoms with van der Waals surface area (Å²) in [6.07, 6.45) is 2.62. The van der Waals surface area contributed by atoms with E-state index in [9.17, 15) is 14.4 Å². The molecule has 0 aliphatic heterocycles. The smallest absolute Gasteiger partial charge is 0.333 e. The highest BCUT2D eigenvalue weighted by molar-refractivity contribution is 5.92. The van der Waals surface area contributed by atoms with Crippen LogP contribution in [-0.2, 0) is 24.5 Å². The van der Waals surface area contributed by atoms with Crippen molar-refractivity contribution in [3.63, 3.8) is 0 Å². The van der Waals surface area contributed by atoms with Gasteiger partial charge in [0.15, 0.2) is 0 Å². The number of nitrogens with zero attached hydrogens (tertiary/aromatic N) is 1. The van der Waals surface area contributed by atoms with Crippen molar-refractivity contribution in [2.75, 3.05) is 20.7 Å². The van der Waals surface area contributed by atoms with Crippen LogP contribution in [0.1, 0.15) is 74.3 Å². The van der Waals surface area contributed by atoms with E-state index in [1.54, 1.807) is 38.9 Å². The van der Waals surface area contributed by atoms with Crippen molar-refractivity contribution in [1.29, 1.82) is 0 Å². The van der Waals surface area contributed by atoms with E-state index >= 15 is 0 Å². The van der Waals surface area contributed by atoms with Crippen LogP contribution in [0.3, 0.4) is 0 Å². The lowest BCUT2D eigenvalue weighted by molar-refractivity contribution is -0.141. The normalized spacial score (nSPS) is 15.8. The van der Waals surface area contributed by atoms with Gasteiger partial charge in [0.2, 0.25) is 11.8 Å². The molecule has 0 aromatic heterocycles. The first-order chi connectivity index (χ1) is 17.1. The Balaban J connectivity index is 3.33. The number of benzene rings is 1. The summed E-state index contributed by atoms with van der Waals surface area (Å²) in [7, 11) is 3.50. The maximum absolute atomic E-state index is 13.9. The summed E-state index contributed by atoms with van der Waals surface area (Å²) in [5.74, 6) is -0.739. The summed E-state index contributed by atoms with van der Waals surface area (Å²) in [6.45, 7) is 17.7. The first-order valence-corrected chi connectivity index (χ1v) is 13.3. The zero-order chi connectivity index (χ0) is 28.6. The Morgan fingerprint density at radius 3 is 2.05 bits per heavy atom. The molecule has 0 heterocycles. The predicted molar refractivity (Wildman–Crippen MR) is 150 cm³/mol. The molecule has 4 atom stereocenters. The lowest BCUT2D eigenvalue weighted by Gasteiger charge is -2.40. The minimum absolute atomic E-state index is 0.0942. The largest absolute Gasteiger partial charge is 0.463 e. The molecule has 1 aromatic carbocycles. The number of carbonyl (C=O) groups is 3. The average Bonchev–Trinajstić information content (AvgIpc) is 2.84. The molecule has 7 heteroatoms. The van der Waals surface area contributed by atoms with E-state index in [2.05, 4.69) is 17.6 Å². The van der Waals surface area contributed by atoms with Crippen LogP contribution < -0.4 is 10.6 Å². The van der Waals surface area contributed by atoms with E-state index in [4.69, 9.17) is 4.74 Å². The number of amides is 2. The van der Waals surface area contributed by atoms with Crippen molar-refractivity contribution in [2.45, 2.75) is 92.3 Å². The summed E-state index contributed by atoms with van der Waals surface area (Å²) in [5, 5.41) is 6.24. The lowest BCUT2D eigenvalue weighted by Crippen LogP contribution is -2.61. The zero-order valence-corrected chi connectivity index (χ0v) is 24.8. The monoisotopic (exact) mass is 515 g/mol. The molecule has 0 aliphatic rings. The van der Waals surface area contributed by atoms with Gasteiger partial charge < -0.3 is 20.3 Å².